The number of amides is 1. The van der Waals surface area contributed by atoms with Gasteiger partial charge in [0, 0.05) is 12.5 Å². The molecule has 0 radical (unpaired) electrons. The Morgan fingerprint density at radius 2 is 1.44 bits per heavy atom. The van der Waals surface area contributed by atoms with Crippen LogP contribution in [0.5, 0.6) is 0 Å². The van der Waals surface area contributed by atoms with Crippen LogP contribution < -0.4 is 10.6 Å². The van der Waals surface area contributed by atoms with Gasteiger partial charge in [0.2, 0.25) is 5.91 Å². The topological polar surface area (TPSA) is 78.1 Å². The van der Waals surface area contributed by atoms with Crippen molar-refractivity contribution < 1.29 is 28.1 Å². The maximum atomic E-state index is 13.8. The summed E-state index contributed by atoms with van der Waals surface area (Å²) >= 11 is 0. The lowest BCUT2D eigenvalue weighted by molar-refractivity contribution is -0.124. The molecule has 0 rings (SSSR count). The second-order valence-electron chi connectivity index (χ2n) is 5.93. The van der Waals surface area contributed by atoms with E-state index in [0.29, 0.717) is 46.2 Å². The molecule has 2 atom stereocenters. The minimum atomic E-state index is -1.24. The summed E-state index contributed by atoms with van der Waals surface area (Å²) in [7, 11) is 1.88. The van der Waals surface area contributed by atoms with Crippen LogP contribution in [0.4, 0.5) is 4.39 Å². The first-order chi connectivity index (χ1) is 12.0. The maximum absolute atomic E-state index is 13.8. The van der Waals surface area contributed by atoms with Gasteiger partial charge >= 0.3 is 0 Å². The number of ether oxygens (including phenoxy) is 4. The molecule has 0 aliphatic carbocycles. The van der Waals surface area contributed by atoms with Crippen LogP contribution in [0.15, 0.2) is 0 Å². The van der Waals surface area contributed by atoms with E-state index in [2.05, 4.69) is 10.6 Å². The van der Waals surface area contributed by atoms with Crippen LogP contribution in [-0.2, 0) is 23.7 Å². The first-order valence-electron chi connectivity index (χ1n) is 8.90. The molecule has 7 nitrogen and oxygen atoms in total. The number of carbonyl (C=O) groups is 1. The lowest BCUT2D eigenvalue weighted by Crippen LogP contribution is -2.38. The van der Waals surface area contributed by atoms with Crippen molar-refractivity contribution in [2.75, 3.05) is 66.4 Å². The fraction of sp³-hybridized carbons (Fsp3) is 0.941. The predicted molar refractivity (Wildman–Crippen MR) is 94.5 cm³/mol. The van der Waals surface area contributed by atoms with Crippen molar-refractivity contribution in [1.29, 1.82) is 0 Å². The van der Waals surface area contributed by atoms with E-state index < -0.39 is 12.3 Å². The van der Waals surface area contributed by atoms with E-state index in [-0.39, 0.29) is 18.4 Å². The number of nitrogens with one attached hydrogen (secondary N) is 2. The van der Waals surface area contributed by atoms with Crippen LogP contribution >= 0.6 is 0 Å². The SMILES string of the molecule is CNCCOCCOCCOCCOC(C)C(F)CNC(=O)C(C)C. The van der Waals surface area contributed by atoms with Crippen LogP contribution in [0, 0.1) is 5.92 Å². The molecule has 0 aromatic rings. The van der Waals surface area contributed by atoms with Gasteiger partial charge in [0.15, 0.2) is 0 Å². The van der Waals surface area contributed by atoms with E-state index in [1.165, 1.54) is 0 Å². The normalized spacial score (nSPS) is 13.8. The molecular weight excluding hydrogens is 331 g/mol. The standard InChI is InChI=1S/C17H35FN2O5/c1-14(2)17(21)20-13-16(18)15(3)25-12-11-24-10-9-23-8-7-22-6-5-19-4/h14-16,19H,5-13H2,1-4H3,(H,20,21). The molecule has 0 aliphatic rings. The molecule has 0 saturated heterocycles. The minimum absolute atomic E-state index is 0.0384. The van der Waals surface area contributed by atoms with Crippen LogP contribution in [0.3, 0.4) is 0 Å². The fourth-order valence-corrected chi connectivity index (χ4v) is 1.68. The fourth-order valence-electron chi connectivity index (χ4n) is 1.68. The van der Waals surface area contributed by atoms with Gasteiger partial charge < -0.3 is 29.6 Å². The van der Waals surface area contributed by atoms with Crippen molar-refractivity contribution in [2.24, 2.45) is 5.92 Å². The van der Waals surface area contributed by atoms with Crippen molar-refractivity contribution in [3.8, 4) is 0 Å². The van der Waals surface area contributed by atoms with E-state index in [9.17, 15) is 9.18 Å². The first kappa shape index (κ1) is 24.2. The highest BCUT2D eigenvalue weighted by molar-refractivity contribution is 5.77. The van der Waals surface area contributed by atoms with Crippen molar-refractivity contribution in [2.45, 2.75) is 33.0 Å². The van der Waals surface area contributed by atoms with E-state index in [4.69, 9.17) is 18.9 Å². The van der Waals surface area contributed by atoms with Crippen LogP contribution in [0.2, 0.25) is 0 Å². The third kappa shape index (κ3) is 15.2. The van der Waals surface area contributed by atoms with Gasteiger partial charge in [0.05, 0.1) is 58.9 Å². The molecule has 1 amide bonds. The molecule has 0 aromatic heterocycles. The lowest BCUT2D eigenvalue weighted by atomic mass is 10.2. The van der Waals surface area contributed by atoms with Gasteiger partial charge in [0.25, 0.3) is 0 Å². The molecule has 0 fully saturated rings. The summed E-state index contributed by atoms with van der Waals surface area (Å²) < 4.78 is 35.2. The molecule has 2 unspecified atom stereocenters. The monoisotopic (exact) mass is 366 g/mol. The highest BCUT2D eigenvalue weighted by Crippen LogP contribution is 2.03. The Hall–Kier alpha value is -0.800. The summed E-state index contributed by atoms with van der Waals surface area (Å²) in [5.41, 5.74) is 0. The molecule has 0 aromatic carbocycles. The Morgan fingerprint density at radius 1 is 0.920 bits per heavy atom. The molecule has 0 heterocycles. The molecular formula is C17H35FN2O5. The first-order valence-corrected chi connectivity index (χ1v) is 8.90. The number of carbonyl (C=O) groups excluding carboxylic acids is 1. The molecule has 25 heavy (non-hydrogen) atoms. The number of hydrogen-bond donors (Lipinski definition) is 2. The van der Waals surface area contributed by atoms with E-state index in [1.807, 2.05) is 7.05 Å². The van der Waals surface area contributed by atoms with E-state index in [0.717, 1.165) is 6.54 Å². The summed E-state index contributed by atoms with van der Waals surface area (Å²) in [5.74, 6) is -0.315. The number of likely N-dealkylation sites (N-methyl/N-ethyl adjacent to an activating group) is 1. The van der Waals surface area contributed by atoms with Crippen molar-refractivity contribution in [1.82, 2.24) is 10.6 Å². The minimum Gasteiger partial charge on any atom is -0.378 e. The third-order valence-corrected chi connectivity index (χ3v) is 3.35. The van der Waals surface area contributed by atoms with Gasteiger partial charge in [-0.2, -0.15) is 0 Å². The van der Waals surface area contributed by atoms with Gasteiger partial charge in [-0.1, -0.05) is 13.8 Å². The summed E-state index contributed by atoms with van der Waals surface area (Å²) in [6.45, 7) is 9.33. The van der Waals surface area contributed by atoms with E-state index >= 15 is 0 Å². The summed E-state index contributed by atoms with van der Waals surface area (Å²) in [6, 6.07) is 0. The van der Waals surface area contributed by atoms with Crippen LogP contribution in [0.1, 0.15) is 20.8 Å². The number of alkyl halides is 1. The second-order valence-corrected chi connectivity index (χ2v) is 5.93. The van der Waals surface area contributed by atoms with Gasteiger partial charge in [-0.25, -0.2) is 4.39 Å². The quantitative estimate of drug-likeness (QED) is 0.370. The van der Waals surface area contributed by atoms with Gasteiger partial charge in [-0.3, -0.25) is 4.79 Å². The average molecular weight is 366 g/mol. The number of rotatable bonds is 17. The zero-order chi connectivity index (χ0) is 18.9. The van der Waals surface area contributed by atoms with Crippen molar-refractivity contribution in [3.63, 3.8) is 0 Å². The molecule has 0 bridgehead atoms. The smallest absolute Gasteiger partial charge is 0.222 e. The molecule has 8 heteroatoms. The van der Waals surface area contributed by atoms with E-state index in [1.54, 1.807) is 20.8 Å². The lowest BCUT2D eigenvalue weighted by Gasteiger charge is -2.18. The van der Waals surface area contributed by atoms with Crippen molar-refractivity contribution >= 4 is 5.91 Å². The molecule has 150 valence electrons. The molecule has 0 aliphatic heterocycles. The molecule has 0 saturated carbocycles. The maximum Gasteiger partial charge on any atom is 0.222 e. The van der Waals surface area contributed by atoms with Crippen LogP contribution in [0.25, 0.3) is 0 Å². The Bertz CT molecular complexity index is 321. The van der Waals surface area contributed by atoms with Gasteiger partial charge in [-0.05, 0) is 14.0 Å². The van der Waals surface area contributed by atoms with Crippen LogP contribution in [-0.4, -0.2) is 84.6 Å². The summed E-state index contributed by atoms with van der Waals surface area (Å²) in [4.78, 5) is 11.4. The Morgan fingerprint density at radius 3 is 1.96 bits per heavy atom. The largest absolute Gasteiger partial charge is 0.378 e. The Labute approximate surface area is 150 Å². The van der Waals surface area contributed by atoms with Crippen molar-refractivity contribution in [3.05, 3.63) is 0 Å². The number of hydrogen-bond acceptors (Lipinski definition) is 6. The molecule has 2 N–H and O–H groups in total. The Balaban J connectivity index is 3.39. The predicted octanol–water partition coefficient (Wildman–Crippen LogP) is 0.771. The zero-order valence-corrected chi connectivity index (χ0v) is 16.0. The highest BCUT2D eigenvalue weighted by atomic mass is 19.1. The van der Waals surface area contributed by atoms with Gasteiger partial charge in [0.1, 0.15) is 6.17 Å². The number of halogens is 1. The average Bonchev–Trinajstić information content (AvgIpc) is 2.59. The highest BCUT2D eigenvalue weighted by Gasteiger charge is 2.18. The second kappa shape index (κ2) is 16.7. The summed E-state index contributed by atoms with van der Waals surface area (Å²) in [6.07, 6.45) is -1.84. The third-order valence-electron chi connectivity index (χ3n) is 3.35. The molecule has 0 spiro atoms. The zero-order valence-electron chi connectivity index (χ0n) is 16.0. The Kier molecular flexibility index (Phi) is 16.1. The summed E-state index contributed by atoms with van der Waals surface area (Å²) in [5, 5.41) is 5.54. The van der Waals surface area contributed by atoms with Gasteiger partial charge in [-0.15, -0.1) is 0 Å².